The Labute approximate surface area is 147 Å². The second-order valence-electron chi connectivity index (χ2n) is 4.95. The topological polar surface area (TPSA) is 64.6 Å². The molecule has 0 saturated heterocycles. The molecule has 5 nitrogen and oxygen atoms in total. The zero-order valence-electron chi connectivity index (χ0n) is 13.5. The second-order valence-corrected chi connectivity index (χ2v) is 4.95. The third kappa shape index (κ3) is 5.28. The Hall–Kier alpha value is -2.53. The molecule has 0 aliphatic carbocycles. The summed E-state index contributed by atoms with van der Waals surface area (Å²) in [5.74, 6) is -0.687. The van der Waals surface area contributed by atoms with Crippen molar-refractivity contribution >= 4 is 29.8 Å². The van der Waals surface area contributed by atoms with Crippen molar-refractivity contribution in [3.8, 4) is 5.75 Å². The van der Waals surface area contributed by atoms with Gasteiger partial charge in [-0.2, -0.15) is 0 Å². The number of halogens is 1. The third-order valence-electron chi connectivity index (χ3n) is 3.21. The first-order chi connectivity index (χ1) is 11.1. The van der Waals surface area contributed by atoms with Crippen LogP contribution in [0.3, 0.4) is 0 Å². The number of rotatable bonds is 7. The van der Waals surface area contributed by atoms with Gasteiger partial charge >= 0.3 is 5.97 Å². The summed E-state index contributed by atoms with van der Waals surface area (Å²) < 4.78 is 10.8. The second kappa shape index (κ2) is 9.57. The molecule has 0 bridgehead atoms. The molecule has 0 saturated carbocycles. The van der Waals surface area contributed by atoms with Crippen molar-refractivity contribution in [1.29, 1.82) is 0 Å². The number of hydrogen-bond donors (Lipinski definition) is 1. The van der Waals surface area contributed by atoms with Crippen molar-refractivity contribution in [3.63, 3.8) is 0 Å². The fourth-order valence-electron chi connectivity index (χ4n) is 2.00. The molecule has 1 N–H and O–H groups in total. The van der Waals surface area contributed by atoms with Crippen molar-refractivity contribution in [2.75, 3.05) is 12.4 Å². The minimum Gasteiger partial charge on any atom is -0.469 e. The maximum absolute atomic E-state index is 12.2. The standard InChI is InChI=1S/C18H19NO4.ClH/c1-13(20)17(23-16-11-7-6-10-15(16)19-2)18(21)22-12-14-8-4-3-5-9-14;/h3-11,17,19H,12H2,1-2H3;1H. The van der Waals surface area contributed by atoms with Gasteiger partial charge in [0.25, 0.3) is 6.10 Å². The van der Waals surface area contributed by atoms with E-state index in [1.54, 1.807) is 25.2 Å². The van der Waals surface area contributed by atoms with Crippen LogP contribution in [0.5, 0.6) is 5.75 Å². The van der Waals surface area contributed by atoms with Crippen LogP contribution < -0.4 is 10.1 Å². The Balaban J connectivity index is 0.00000288. The smallest absolute Gasteiger partial charge is 0.355 e. The summed E-state index contributed by atoms with van der Waals surface area (Å²) in [6.07, 6.45) is -1.28. The molecule has 128 valence electrons. The largest absolute Gasteiger partial charge is 0.469 e. The Morgan fingerprint density at radius 1 is 1.04 bits per heavy atom. The van der Waals surface area contributed by atoms with E-state index < -0.39 is 17.9 Å². The average Bonchev–Trinajstić information content (AvgIpc) is 2.58. The van der Waals surface area contributed by atoms with Crippen LogP contribution in [0.1, 0.15) is 12.5 Å². The molecule has 0 spiro atoms. The average molecular weight is 350 g/mol. The highest BCUT2D eigenvalue weighted by Gasteiger charge is 2.28. The summed E-state index contributed by atoms with van der Waals surface area (Å²) in [5.41, 5.74) is 1.54. The number of ketones is 1. The summed E-state index contributed by atoms with van der Waals surface area (Å²) in [7, 11) is 1.73. The highest BCUT2D eigenvalue weighted by molar-refractivity contribution is 6.01. The third-order valence-corrected chi connectivity index (χ3v) is 3.21. The van der Waals surface area contributed by atoms with Crippen molar-refractivity contribution in [2.45, 2.75) is 19.6 Å². The van der Waals surface area contributed by atoms with E-state index in [2.05, 4.69) is 5.32 Å². The summed E-state index contributed by atoms with van der Waals surface area (Å²) >= 11 is 0. The van der Waals surface area contributed by atoms with Gasteiger partial charge in [0.1, 0.15) is 12.4 Å². The molecular formula is C18H20ClNO4. The molecule has 0 aliphatic rings. The van der Waals surface area contributed by atoms with Crippen LogP contribution >= 0.6 is 12.4 Å². The molecule has 0 radical (unpaired) electrons. The van der Waals surface area contributed by atoms with Crippen LogP contribution in [0, 0.1) is 0 Å². The predicted octanol–water partition coefficient (Wildman–Crippen LogP) is 3.23. The van der Waals surface area contributed by atoms with E-state index >= 15 is 0 Å². The lowest BCUT2D eigenvalue weighted by Gasteiger charge is -2.17. The highest BCUT2D eigenvalue weighted by Crippen LogP contribution is 2.24. The zero-order valence-corrected chi connectivity index (χ0v) is 14.3. The van der Waals surface area contributed by atoms with E-state index in [1.807, 2.05) is 36.4 Å². The molecule has 2 rings (SSSR count). The van der Waals surface area contributed by atoms with Gasteiger partial charge in [-0.15, -0.1) is 12.4 Å². The van der Waals surface area contributed by atoms with Gasteiger partial charge in [0.15, 0.2) is 5.78 Å². The lowest BCUT2D eigenvalue weighted by Crippen LogP contribution is -2.35. The number of esters is 1. The van der Waals surface area contributed by atoms with Gasteiger partial charge < -0.3 is 14.8 Å². The van der Waals surface area contributed by atoms with Crippen LogP contribution in [0.4, 0.5) is 5.69 Å². The van der Waals surface area contributed by atoms with Gasteiger partial charge in [-0.1, -0.05) is 42.5 Å². The number of benzene rings is 2. The lowest BCUT2D eigenvalue weighted by atomic mass is 10.2. The number of carbonyl (C=O) groups excluding carboxylic acids is 2. The predicted molar refractivity (Wildman–Crippen MR) is 94.6 cm³/mol. The SMILES string of the molecule is CNc1ccccc1OC(C(C)=O)C(=O)OCc1ccccc1.Cl. The molecule has 6 heteroatoms. The number of Topliss-reactive ketones (excluding diaryl/α,β-unsaturated/α-hetero) is 1. The zero-order chi connectivity index (χ0) is 16.7. The van der Waals surface area contributed by atoms with Crippen molar-refractivity contribution in [2.24, 2.45) is 0 Å². The number of anilines is 1. The van der Waals surface area contributed by atoms with Crippen LogP contribution in [0.2, 0.25) is 0 Å². The van der Waals surface area contributed by atoms with Crippen LogP contribution in [0.15, 0.2) is 54.6 Å². The Morgan fingerprint density at radius 2 is 1.67 bits per heavy atom. The number of para-hydroxylation sites is 2. The summed E-state index contributed by atoms with van der Waals surface area (Å²) in [6, 6.07) is 16.3. The molecule has 2 aromatic rings. The fourth-order valence-corrected chi connectivity index (χ4v) is 2.00. The number of ether oxygens (including phenoxy) is 2. The molecule has 0 fully saturated rings. The summed E-state index contributed by atoms with van der Waals surface area (Å²) in [5, 5.41) is 2.95. The first kappa shape index (κ1) is 19.5. The maximum atomic E-state index is 12.2. The molecule has 2 aromatic carbocycles. The van der Waals surface area contributed by atoms with Gasteiger partial charge in [-0.05, 0) is 24.6 Å². The Bertz CT molecular complexity index is 676. The van der Waals surface area contributed by atoms with E-state index in [9.17, 15) is 9.59 Å². The van der Waals surface area contributed by atoms with Crippen LogP contribution in [-0.2, 0) is 20.9 Å². The number of hydrogen-bond acceptors (Lipinski definition) is 5. The minimum atomic E-state index is -1.28. The monoisotopic (exact) mass is 349 g/mol. The summed E-state index contributed by atoms with van der Waals surface area (Å²) in [4.78, 5) is 23.9. The van der Waals surface area contributed by atoms with E-state index in [-0.39, 0.29) is 19.0 Å². The molecule has 0 aliphatic heterocycles. The molecule has 0 heterocycles. The maximum Gasteiger partial charge on any atom is 0.355 e. The fraction of sp³-hybridized carbons (Fsp3) is 0.222. The van der Waals surface area contributed by atoms with Crippen LogP contribution in [0.25, 0.3) is 0 Å². The first-order valence-electron chi connectivity index (χ1n) is 7.26. The van der Waals surface area contributed by atoms with E-state index in [1.165, 1.54) is 6.92 Å². The number of carbonyl (C=O) groups is 2. The van der Waals surface area contributed by atoms with Gasteiger partial charge in [0, 0.05) is 7.05 Å². The molecule has 0 aromatic heterocycles. The van der Waals surface area contributed by atoms with Gasteiger partial charge in [-0.3, -0.25) is 4.79 Å². The lowest BCUT2D eigenvalue weighted by molar-refractivity contribution is -0.156. The normalized spacial score (nSPS) is 10.9. The highest BCUT2D eigenvalue weighted by atomic mass is 35.5. The molecule has 24 heavy (non-hydrogen) atoms. The Kier molecular flexibility index (Phi) is 7.79. The number of nitrogens with one attached hydrogen (secondary N) is 1. The van der Waals surface area contributed by atoms with E-state index in [0.29, 0.717) is 11.4 Å². The Morgan fingerprint density at radius 3 is 2.29 bits per heavy atom. The van der Waals surface area contributed by atoms with Gasteiger partial charge in [-0.25, -0.2) is 4.79 Å². The van der Waals surface area contributed by atoms with Crippen molar-refractivity contribution in [3.05, 3.63) is 60.2 Å². The van der Waals surface area contributed by atoms with E-state index in [4.69, 9.17) is 9.47 Å². The molecular weight excluding hydrogens is 330 g/mol. The molecule has 1 atom stereocenters. The first-order valence-corrected chi connectivity index (χ1v) is 7.26. The molecule has 1 unspecified atom stereocenters. The minimum absolute atomic E-state index is 0. The quantitative estimate of drug-likeness (QED) is 0.614. The molecule has 0 amide bonds. The van der Waals surface area contributed by atoms with Gasteiger partial charge in [0.05, 0.1) is 5.69 Å². The summed E-state index contributed by atoms with van der Waals surface area (Å²) in [6.45, 7) is 1.40. The van der Waals surface area contributed by atoms with Crippen molar-refractivity contribution < 1.29 is 19.1 Å². The van der Waals surface area contributed by atoms with Gasteiger partial charge in [0.2, 0.25) is 0 Å². The van der Waals surface area contributed by atoms with E-state index in [0.717, 1.165) is 5.56 Å². The van der Waals surface area contributed by atoms with Crippen molar-refractivity contribution in [1.82, 2.24) is 0 Å². The van der Waals surface area contributed by atoms with Crippen LogP contribution in [-0.4, -0.2) is 24.9 Å².